The lowest BCUT2D eigenvalue weighted by Gasteiger charge is -2.27. The van der Waals surface area contributed by atoms with Gasteiger partial charge in [0.05, 0.1) is 17.7 Å². The van der Waals surface area contributed by atoms with Crippen LogP contribution in [0.2, 0.25) is 0 Å². The summed E-state index contributed by atoms with van der Waals surface area (Å²) in [6, 6.07) is 21.6. The summed E-state index contributed by atoms with van der Waals surface area (Å²) in [5.41, 5.74) is 3.80. The minimum atomic E-state index is -1.29. The fourth-order valence-corrected chi connectivity index (χ4v) is 4.00. The lowest BCUT2D eigenvalue weighted by molar-refractivity contribution is -0.255. The van der Waals surface area contributed by atoms with Gasteiger partial charge in [-0.05, 0) is 35.4 Å². The largest absolute Gasteiger partial charge is 0.545 e. The van der Waals surface area contributed by atoms with E-state index in [4.69, 9.17) is 0 Å². The van der Waals surface area contributed by atoms with Gasteiger partial charge in [0.15, 0.2) is 0 Å². The van der Waals surface area contributed by atoms with Crippen molar-refractivity contribution in [2.75, 3.05) is 4.90 Å². The van der Waals surface area contributed by atoms with Gasteiger partial charge in [-0.1, -0.05) is 54.6 Å². The Morgan fingerprint density at radius 1 is 1.00 bits per heavy atom. The highest BCUT2D eigenvalue weighted by atomic mass is 16.4. The second-order valence-electron chi connectivity index (χ2n) is 7.23. The normalized spacial score (nSPS) is 15.2. The van der Waals surface area contributed by atoms with Crippen LogP contribution in [-0.2, 0) is 0 Å². The molecule has 152 valence electrons. The van der Waals surface area contributed by atoms with Gasteiger partial charge in [0, 0.05) is 16.8 Å². The van der Waals surface area contributed by atoms with E-state index in [1.807, 2.05) is 36.4 Å². The lowest BCUT2D eigenvalue weighted by atomic mass is 9.95. The van der Waals surface area contributed by atoms with E-state index < -0.39 is 12.0 Å². The number of carboxylic acids is 1. The van der Waals surface area contributed by atoms with Gasteiger partial charge < -0.3 is 15.0 Å². The molecule has 0 aliphatic carbocycles. The fourth-order valence-electron chi connectivity index (χ4n) is 4.00. The summed E-state index contributed by atoms with van der Waals surface area (Å²) < 4.78 is 0. The molecule has 0 unspecified atom stereocenters. The van der Waals surface area contributed by atoms with Crippen LogP contribution in [0.5, 0.6) is 5.75 Å². The zero-order valence-electron chi connectivity index (χ0n) is 16.1. The van der Waals surface area contributed by atoms with E-state index in [1.54, 1.807) is 35.2 Å². The second-order valence-corrected chi connectivity index (χ2v) is 7.23. The molecule has 31 heavy (non-hydrogen) atoms. The number of H-pyrrole nitrogens is 1. The van der Waals surface area contributed by atoms with Crippen LogP contribution in [0.15, 0.2) is 78.9 Å². The number of aromatic nitrogens is 2. The number of aromatic amines is 1. The summed E-state index contributed by atoms with van der Waals surface area (Å²) in [5.74, 6) is -1.50. The number of hydrogen-bond acceptors (Lipinski definition) is 5. The zero-order chi connectivity index (χ0) is 21.5. The van der Waals surface area contributed by atoms with Crippen molar-refractivity contribution in [2.45, 2.75) is 6.04 Å². The summed E-state index contributed by atoms with van der Waals surface area (Å²) in [7, 11) is 0. The molecule has 5 rings (SSSR count). The molecule has 1 aliphatic rings. The molecule has 7 heteroatoms. The second kappa shape index (κ2) is 7.14. The zero-order valence-corrected chi connectivity index (χ0v) is 16.1. The number of nitrogens with one attached hydrogen (secondary N) is 1. The number of nitrogens with zero attached hydrogens (tertiary/aromatic N) is 2. The quantitative estimate of drug-likeness (QED) is 0.538. The summed E-state index contributed by atoms with van der Waals surface area (Å²) in [6.07, 6.45) is 0. The molecule has 0 radical (unpaired) electrons. The first-order valence-corrected chi connectivity index (χ1v) is 9.62. The topological polar surface area (TPSA) is 109 Å². The van der Waals surface area contributed by atoms with Crippen LogP contribution in [0.25, 0.3) is 11.3 Å². The van der Waals surface area contributed by atoms with Gasteiger partial charge in [0.25, 0.3) is 5.91 Å². The third-order valence-corrected chi connectivity index (χ3v) is 5.38. The molecule has 3 aromatic carbocycles. The number of aromatic carboxylic acids is 1. The van der Waals surface area contributed by atoms with Crippen molar-refractivity contribution >= 4 is 17.6 Å². The number of anilines is 1. The van der Waals surface area contributed by atoms with Crippen LogP contribution in [0, 0.1) is 0 Å². The Morgan fingerprint density at radius 3 is 2.42 bits per heavy atom. The number of rotatable bonds is 4. The van der Waals surface area contributed by atoms with Crippen molar-refractivity contribution < 1.29 is 19.8 Å². The molecule has 0 saturated carbocycles. The van der Waals surface area contributed by atoms with Crippen LogP contribution in [-0.4, -0.2) is 27.2 Å². The number of phenols is 1. The van der Waals surface area contributed by atoms with Crippen LogP contribution >= 0.6 is 0 Å². The van der Waals surface area contributed by atoms with Crippen LogP contribution in [0.3, 0.4) is 0 Å². The molecular weight excluding hydrogens is 394 g/mol. The third kappa shape index (κ3) is 3.03. The van der Waals surface area contributed by atoms with Crippen LogP contribution < -0.4 is 10.0 Å². The van der Waals surface area contributed by atoms with Gasteiger partial charge >= 0.3 is 0 Å². The van der Waals surface area contributed by atoms with Crippen LogP contribution in [0.4, 0.5) is 5.69 Å². The van der Waals surface area contributed by atoms with Crippen molar-refractivity contribution in [2.24, 2.45) is 0 Å². The highest BCUT2D eigenvalue weighted by Gasteiger charge is 2.43. The van der Waals surface area contributed by atoms with Gasteiger partial charge in [-0.3, -0.25) is 14.8 Å². The molecule has 2 heterocycles. The predicted octanol–water partition coefficient (Wildman–Crippen LogP) is 2.90. The molecule has 0 fully saturated rings. The van der Waals surface area contributed by atoms with Crippen molar-refractivity contribution in [3.05, 3.63) is 101 Å². The first kappa shape index (κ1) is 18.6. The Kier molecular flexibility index (Phi) is 4.29. The van der Waals surface area contributed by atoms with Crippen LogP contribution in [0.1, 0.15) is 38.0 Å². The molecule has 0 saturated heterocycles. The Hall–Kier alpha value is -4.39. The van der Waals surface area contributed by atoms with Crippen molar-refractivity contribution in [3.8, 4) is 17.0 Å². The maximum absolute atomic E-state index is 13.4. The summed E-state index contributed by atoms with van der Waals surface area (Å²) in [5, 5.41) is 28.5. The number of carbonyl (C=O) groups excluding carboxylic acids is 2. The summed E-state index contributed by atoms with van der Waals surface area (Å²) in [6.45, 7) is 0. The molecular formula is C24H16N3O4-. The highest BCUT2D eigenvalue weighted by molar-refractivity contribution is 6.11. The highest BCUT2D eigenvalue weighted by Crippen LogP contribution is 2.45. The number of carbonyl (C=O) groups is 2. The molecule has 0 spiro atoms. The number of hydrogen-bond donors (Lipinski definition) is 2. The maximum Gasteiger partial charge on any atom is 0.277 e. The minimum absolute atomic E-state index is 0.0227. The Labute approximate surface area is 177 Å². The predicted molar refractivity (Wildman–Crippen MR) is 112 cm³/mol. The van der Waals surface area contributed by atoms with E-state index in [1.165, 1.54) is 12.1 Å². The third-order valence-electron chi connectivity index (χ3n) is 5.38. The van der Waals surface area contributed by atoms with Crippen molar-refractivity contribution in [1.29, 1.82) is 0 Å². The lowest BCUT2D eigenvalue weighted by Crippen LogP contribution is -2.29. The van der Waals surface area contributed by atoms with E-state index in [2.05, 4.69) is 10.2 Å². The molecule has 0 bridgehead atoms. The Bertz CT molecular complexity index is 1300. The Balaban J connectivity index is 1.70. The van der Waals surface area contributed by atoms with Crippen molar-refractivity contribution in [1.82, 2.24) is 10.2 Å². The van der Waals surface area contributed by atoms with Gasteiger partial charge in [0.2, 0.25) is 0 Å². The monoisotopic (exact) mass is 410 g/mol. The van der Waals surface area contributed by atoms with E-state index in [0.717, 1.165) is 5.56 Å². The summed E-state index contributed by atoms with van der Waals surface area (Å²) in [4.78, 5) is 26.1. The van der Waals surface area contributed by atoms with Gasteiger partial charge in [-0.2, -0.15) is 5.10 Å². The average molecular weight is 410 g/mol. The number of phenolic OH excluding ortho intramolecular Hbond substituents is 1. The smallest absolute Gasteiger partial charge is 0.277 e. The molecule has 1 aromatic heterocycles. The molecule has 1 aliphatic heterocycles. The van der Waals surface area contributed by atoms with E-state index in [0.29, 0.717) is 28.2 Å². The first-order valence-electron chi connectivity index (χ1n) is 9.62. The van der Waals surface area contributed by atoms with E-state index in [9.17, 15) is 19.8 Å². The molecule has 7 nitrogen and oxygen atoms in total. The molecule has 2 N–H and O–H groups in total. The van der Waals surface area contributed by atoms with Gasteiger partial charge in [0.1, 0.15) is 11.4 Å². The standard InChI is InChI=1S/C24H17N3O4/c28-18-8-4-7-16(13-18)22-19-20(14-5-2-1-3-6-14)25-26-21(19)23(29)27(22)17-11-9-15(10-12-17)24(30)31/h1-13,22,28H,(H,25,26)(H,30,31)/p-1/t22-/m1/s1. The first-order chi connectivity index (χ1) is 15.0. The molecule has 1 atom stereocenters. The van der Waals surface area contributed by atoms with Gasteiger partial charge in [-0.25, -0.2) is 0 Å². The van der Waals surface area contributed by atoms with Gasteiger partial charge in [-0.15, -0.1) is 0 Å². The fraction of sp³-hybridized carbons (Fsp3) is 0.0417. The van der Waals surface area contributed by atoms with Crippen molar-refractivity contribution in [3.63, 3.8) is 0 Å². The van der Waals surface area contributed by atoms with E-state index >= 15 is 0 Å². The maximum atomic E-state index is 13.4. The SMILES string of the molecule is O=C([O-])c1ccc(N2C(=O)c3[nH]nc(-c4ccccc4)c3[C@H]2c2cccc(O)c2)cc1. The Morgan fingerprint density at radius 2 is 1.74 bits per heavy atom. The number of aromatic hydroxyl groups is 1. The number of fused-ring (bicyclic) bond motifs is 1. The number of amides is 1. The minimum Gasteiger partial charge on any atom is -0.545 e. The average Bonchev–Trinajstić information content (AvgIpc) is 3.33. The molecule has 4 aromatic rings. The van der Waals surface area contributed by atoms with E-state index in [-0.39, 0.29) is 17.2 Å². The number of carboxylic acid groups (broad SMARTS) is 1. The summed E-state index contributed by atoms with van der Waals surface area (Å²) >= 11 is 0. The number of benzene rings is 3. The molecule has 1 amide bonds.